The zero-order valence-corrected chi connectivity index (χ0v) is 17.8. The molecule has 1 aliphatic rings. The van der Waals surface area contributed by atoms with Crippen LogP contribution in [0.25, 0.3) is 27.8 Å². The van der Waals surface area contributed by atoms with Crippen molar-refractivity contribution in [2.75, 3.05) is 13.1 Å². The van der Waals surface area contributed by atoms with Gasteiger partial charge in [-0.3, -0.25) is 4.40 Å². The van der Waals surface area contributed by atoms with Crippen LogP contribution in [0.3, 0.4) is 0 Å². The summed E-state index contributed by atoms with van der Waals surface area (Å²) in [6, 6.07) is 6.96. The van der Waals surface area contributed by atoms with Crippen LogP contribution in [0.1, 0.15) is 55.2 Å². The van der Waals surface area contributed by atoms with Crippen molar-refractivity contribution >= 4 is 28.2 Å². The molecule has 150 valence electrons. The number of nitrogens with one attached hydrogen (secondary N) is 2. The Hall–Kier alpha value is -2.37. The van der Waals surface area contributed by atoms with E-state index in [1.54, 1.807) is 6.33 Å². The third kappa shape index (κ3) is 3.04. The lowest BCUT2D eigenvalue weighted by Crippen LogP contribution is -2.26. The molecule has 29 heavy (non-hydrogen) atoms. The highest BCUT2D eigenvalue weighted by Crippen LogP contribution is 2.40. The molecule has 0 aliphatic carbocycles. The molecule has 0 atom stereocenters. The van der Waals surface area contributed by atoms with Crippen molar-refractivity contribution in [3.05, 3.63) is 52.4 Å². The normalized spacial score (nSPS) is 15.8. The van der Waals surface area contributed by atoms with Gasteiger partial charge in [0.05, 0.1) is 10.7 Å². The largest absolute Gasteiger partial charge is 0.354 e. The number of hydrogen-bond acceptors (Lipinski definition) is 3. The SMILES string of the molecule is Cc1c(-c2[nH]c3ccc(C4CCNCC4)cc3c2C(C)C)cn2cnnc2c1Cl. The average Bonchev–Trinajstić information content (AvgIpc) is 3.35. The summed E-state index contributed by atoms with van der Waals surface area (Å²) in [5, 5.41) is 13.6. The van der Waals surface area contributed by atoms with E-state index in [-0.39, 0.29) is 0 Å². The predicted molar refractivity (Wildman–Crippen MR) is 119 cm³/mol. The first-order valence-electron chi connectivity index (χ1n) is 10.4. The van der Waals surface area contributed by atoms with Gasteiger partial charge in [-0.05, 0) is 73.5 Å². The molecule has 5 rings (SSSR count). The molecule has 4 heterocycles. The second kappa shape index (κ2) is 7.15. The van der Waals surface area contributed by atoms with E-state index in [1.165, 1.54) is 34.9 Å². The van der Waals surface area contributed by atoms with Crippen LogP contribution < -0.4 is 5.32 Å². The van der Waals surface area contributed by atoms with Crippen molar-refractivity contribution in [2.45, 2.75) is 45.4 Å². The average molecular weight is 408 g/mol. The lowest BCUT2D eigenvalue weighted by Gasteiger charge is -2.23. The molecule has 0 radical (unpaired) electrons. The molecule has 0 bridgehead atoms. The minimum Gasteiger partial charge on any atom is -0.354 e. The van der Waals surface area contributed by atoms with Gasteiger partial charge < -0.3 is 10.3 Å². The number of hydrogen-bond donors (Lipinski definition) is 2. The van der Waals surface area contributed by atoms with Gasteiger partial charge >= 0.3 is 0 Å². The van der Waals surface area contributed by atoms with Crippen LogP contribution in [0.15, 0.2) is 30.7 Å². The third-order valence-corrected chi connectivity index (χ3v) is 6.74. The number of nitrogens with zero attached hydrogens (tertiary/aromatic N) is 3. The van der Waals surface area contributed by atoms with Gasteiger partial charge in [0.15, 0.2) is 5.65 Å². The summed E-state index contributed by atoms with van der Waals surface area (Å²) in [5.41, 5.74) is 7.96. The van der Waals surface area contributed by atoms with Gasteiger partial charge in [-0.15, -0.1) is 10.2 Å². The minimum absolute atomic E-state index is 0.386. The van der Waals surface area contributed by atoms with Crippen molar-refractivity contribution in [1.29, 1.82) is 0 Å². The van der Waals surface area contributed by atoms with Gasteiger partial charge in [0.25, 0.3) is 0 Å². The maximum absolute atomic E-state index is 6.64. The Morgan fingerprint density at radius 1 is 1.21 bits per heavy atom. The third-order valence-electron chi connectivity index (χ3n) is 6.29. The summed E-state index contributed by atoms with van der Waals surface area (Å²) in [6.07, 6.45) is 6.20. The number of piperidine rings is 1. The first-order chi connectivity index (χ1) is 14.0. The molecule has 4 aromatic rings. The molecule has 1 saturated heterocycles. The standard InChI is InChI=1S/C23H26ClN5/c1-13(2)20-17-10-16(15-6-8-25-9-7-15)4-5-19(17)27-22(20)18-11-29-12-26-28-23(29)21(24)14(18)3/h4-5,10-13,15,25,27H,6-9H2,1-3H3. The first kappa shape index (κ1) is 18.6. The van der Waals surface area contributed by atoms with Crippen LogP contribution in [-0.4, -0.2) is 32.7 Å². The first-order valence-corrected chi connectivity index (χ1v) is 10.8. The highest BCUT2D eigenvalue weighted by molar-refractivity contribution is 6.34. The molecule has 0 spiro atoms. The summed E-state index contributed by atoms with van der Waals surface area (Å²) in [5.74, 6) is 1.03. The van der Waals surface area contributed by atoms with Crippen LogP contribution in [0.4, 0.5) is 0 Å². The van der Waals surface area contributed by atoms with Crippen molar-refractivity contribution in [1.82, 2.24) is 24.9 Å². The Morgan fingerprint density at radius 2 is 2.00 bits per heavy atom. The zero-order valence-electron chi connectivity index (χ0n) is 17.1. The van der Waals surface area contributed by atoms with E-state index in [4.69, 9.17) is 11.6 Å². The molecule has 5 nitrogen and oxygen atoms in total. The Morgan fingerprint density at radius 3 is 2.76 bits per heavy atom. The fourth-order valence-corrected chi connectivity index (χ4v) is 4.96. The Labute approximate surface area is 175 Å². The van der Waals surface area contributed by atoms with Gasteiger partial charge in [-0.2, -0.15) is 0 Å². The van der Waals surface area contributed by atoms with E-state index < -0.39 is 0 Å². The molecule has 0 saturated carbocycles. The van der Waals surface area contributed by atoms with Crippen molar-refractivity contribution in [2.24, 2.45) is 0 Å². The van der Waals surface area contributed by atoms with E-state index in [9.17, 15) is 0 Å². The summed E-state index contributed by atoms with van der Waals surface area (Å²) < 4.78 is 1.90. The molecule has 1 fully saturated rings. The minimum atomic E-state index is 0.386. The van der Waals surface area contributed by atoms with E-state index in [0.29, 0.717) is 22.5 Å². The Bertz CT molecular complexity index is 1200. The molecule has 1 aliphatic heterocycles. The number of H-pyrrole nitrogens is 1. The summed E-state index contributed by atoms with van der Waals surface area (Å²) in [6.45, 7) is 8.79. The van der Waals surface area contributed by atoms with Crippen molar-refractivity contribution in [3.63, 3.8) is 0 Å². The van der Waals surface area contributed by atoms with E-state index >= 15 is 0 Å². The highest BCUT2D eigenvalue weighted by atomic mass is 35.5. The van der Waals surface area contributed by atoms with Gasteiger partial charge in [-0.25, -0.2) is 0 Å². The monoisotopic (exact) mass is 407 g/mol. The quantitative estimate of drug-likeness (QED) is 0.476. The van der Waals surface area contributed by atoms with Crippen molar-refractivity contribution in [3.8, 4) is 11.3 Å². The molecule has 0 unspecified atom stereocenters. The van der Waals surface area contributed by atoms with Crippen LogP contribution in [0, 0.1) is 6.92 Å². The van der Waals surface area contributed by atoms with Crippen LogP contribution in [0.5, 0.6) is 0 Å². The smallest absolute Gasteiger partial charge is 0.179 e. The summed E-state index contributed by atoms with van der Waals surface area (Å²) in [4.78, 5) is 3.69. The fourth-order valence-electron chi connectivity index (χ4n) is 4.72. The maximum Gasteiger partial charge on any atom is 0.179 e. The van der Waals surface area contributed by atoms with Crippen molar-refractivity contribution < 1.29 is 0 Å². The lowest BCUT2D eigenvalue weighted by atomic mass is 9.88. The highest BCUT2D eigenvalue weighted by Gasteiger charge is 2.22. The van der Waals surface area contributed by atoms with Gasteiger partial charge in [0.2, 0.25) is 0 Å². The summed E-state index contributed by atoms with van der Waals surface area (Å²) in [7, 11) is 0. The number of halogens is 1. The maximum atomic E-state index is 6.64. The van der Waals surface area contributed by atoms with E-state index in [1.807, 2.05) is 4.40 Å². The number of aromatic nitrogens is 4. The molecule has 2 N–H and O–H groups in total. The van der Waals surface area contributed by atoms with E-state index in [2.05, 4.69) is 65.7 Å². The van der Waals surface area contributed by atoms with Crippen LogP contribution in [0.2, 0.25) is 5.02 Å². The molecule has 0 amide bonds. The molecular weight excluding hydrogens is 382 g/mol. The second-order valence-corrected chi connectivity index (χ2v) is 8.82. The van der Waals surface area contributed by atoms with Gasteiger partial charge in [0, 0.05) is 22.7 Å². The molecular formula is C23H26ClN5. The van der Waals surface area contributed by atoms with Crippen LogP contribution in [-0.2, 0) is 0 Å². The number of fused-ring (bicyclic) bond motifs is 2. The summed E-state index contributed by atoms with van der Waals surface area (Å²) >= 11 is 6.64. The fraction of sp³-hybridized carbons (Fsp3) is 0.391. The second-order valence-electron chi connectivity index (χ2n) is 8.44. The Kier molecular flexibility index (Phi) is 4.60. The number of pyridine rings is 1. The topological polar surface area (TPSA) is 58.0 Å². The molecule has 3 aromatic heterocycles. The number of benzene rings is 1. The number of rotatable bonds is 3. The Balaban J connectivity index is 1.72. The molecule has 1 aromatic carbocycles. The zero-order chi connectivity index (χ0) is 20.1. The van der Waals surface area contributed by atoms with Gasteiger partial charge in [0.1, 0.15) is 6.33 Å². The van der Waals surface area contributed by atoms with Crippen LogP contribution >= 0.6 is 11.6 Å². The number of aromatic amines is 1. The molecule has 6 heteroatoms. The van der Waals surface area contributed by atoms with Gasteiger partial charge in [-0.1, -0.05) is 31.5 Å². The lowest BCUT2D eigenvalue weighted by molar-refractivity contribution is 0.460. The predicted octanol–water partition coefficient (Wildman–Crippen LogP) is 5.43. The van der Waals surface area contributed by atoms with E-state index in [0.717, 1.165) is 29.9 Å².